The molecule has 0 fully saturated rings. The number of aromatic amines is 1. The summed E-state index contributed by atoms with van der Waals surface area (Å²) in [6.07, 6.45) is 0. The molecule has 7 heteroatoms. The maximum atomic E-state index is 12.3. The van der Waals surface area contributed by atoms with E-state index in [1.54, 1.807) is 0 Å². The summed E-state index contributed by atoms with van der Waals surface area (Å²) in [5.41, 5.74) is 10.3. The maximum absolute atomic E-state index is 12.3. The monoisotopic (exact) mass is 312 g/mol. The zero-order valence-electron chi connectivity index (χ0n) is 13.4. The number of para-hydroxylation sites is 2. The molecule has 3 rings (SSSR count). The number of nitrogens with two attached hydrogens (primary N) is 1. The fraction of sp³-hybridized carbons (Fsp3) is 0.312. The van der Waals surface area contributed by atoms with E-state index >= 15 is 0 Å². The predicted molar refractivity (Wildman–Crippen MR) is 87.6 cm³/mol. The molecule has 4 N–H and O–H groups in total. The molecular weight excluding hydrogens is 292 g/mol. The molecule has 1 amide bonds. The van der Waals surface area contributed by atoms with Gasteiger partial charge in [-0.2, -0.15) is 5.10 Å². The zero-order valence-corrected chi connectivity index (χ0v) is 13.4. The second-order valence-corrected chi connectivity index (χ2v) is 5.62. The number of carbonyl (C=O) groups is 1. The molecule has 23 heavy (non-hydrogen) atoms. The van der Waals surface area contributed by atoms with Crippen molar-refractivity contribution in [3.8, 4) is 0 Å². The fourth-order valence-electron chi connectivity index (χ4n) is 2.78. The van der Waals surface area contributed by atoms with Crippen LogP contribution in [-0.4, -0.2) is 25.7 Å². The number of hydrogen-bond acceptors (Lipinski definition) is 4. The zero-order chi connectivity index (χ0) is 16.6. The van der Waals surface area contributed by atoms with Gasteiger partial charge in [0.1, 0.15) is 11.9 Å². The van der Waals surface area contributed by atoms with Gasteiger partial charge in [-0.05, 0) is 26.0 Å². The van der Waals surface area contributed by atoms with E-state index in [0.717, 1.165) is 33.8 Å². The van der Waals surface area contributed by atoms with Crippen LogP contribution in [0.3, 0.4) is 0 Å². The van der Waals surface area contributed by atoms with E-state index in [-0.39, 0.29) is 5.91 Å². The van der Waals surface area contributed by atoms with Gasteiger partial charge in [0.25, 0.3) is 0 Å². The van der Waals surface area contributed by atoms with Crippen LogP contribution >= 0.6 is 0 Å². The van der Waals surface area contributed by atoms with E-state index in [4.69, 9.17) is 5.73 Å². The number of carbonyl (C=O) groups excluding carboxylic acids is 1. The molecule has 0 aliphatic carbocycles. The number of nitrogens with zero attached hydrogens (tertiary/aromatic N) is 3. The average molecular weight is 312 g/mol. The summed E-state index contributed by atoms with van der Waals surface area (Å²) in [5, 5.41) is 9.78. The second kappa shape index (κ2) is 5.85. The minimum absolute atomic E-state index is 0.246. The molecule has 0 aliphatic rings. The molecule has 0 bridgehead atoms. The van der Waals surface area contributed by atoms with E-state index in [1.807, 2.05) is 49.7 Å². The summed E-state index contributed by atoms with van der Waals surface area (Å²) in [6.45, 7) is 4.01. The Hall–Kier alpha value is -2.67. The van der Waals surface area contributed by atoms with Gasteiger partial charge in [0.15, 0.2) is 0 Å². The lowest BCUT2D eigenvalue weighted by Crippen LogP contribution is -2.34. The van der Waals surface area contributed by atoms with Crippen LogP contribution in [0.15, 0.2) is 24.3 Å². The highest BCUT2D eigenvalue weighted by atomic mass is 16.2. The maximum Gasteiger partial charge on any atom is 0.242 e. The average Bonchev–Trinajstić information content (AvgIpc) is 3.05. The lowest BCUT2D eigenvalue weighted by atomic mass is 10.1. The first-order valence-electron chi connectivity index (χ1n) is 7.44. The number of amides is 1. The normalized spacial score (nSPS) is 12.5. The number of fused-ring (bicyclic) bond motifs is 1. The molecule has 2 heterocycles. The molecule has 0 radical (unpaired) electrons. The van der Waals surface area contributed by atoms with E-state index in [2.05, 4.69) is 20.5 Å². The quantitative estimate of drug-likeness (QED) is 0.674. The molecule has 0 saturated heterocycles. The van der Waals surface area contributed by atoms with Gasteiger partial charge in [-0.25, -0.2) is 4.98 Å². The Kier molecular flexibility index (Phi) is 3.87. The van der Waals surface area contributed by atoms with Crippen molar-refractivity contribution in [2.24, 2.45) is 12.8 Å². The molecule has 0 saturated carbocycles. The topological polar surface area (TPSA) is 102 Å². The molecule has 0 unspecified atom stereocenters. The Bertz CT molecular complexity index is 843. The number of imidazole rings is 1. The number of aromatic nitrogens is 4. The number of aryl methyl sites for hydroxylation is 3. The third-order valence-electron chi connectivity index (χ3n) is 4.08. The number of rotatable bonds is 4. The Morgan fingerprint density at radius 3 is 2.78 bits per heavy atom. The largest absolute Gasteiger partial charge is 0.347 e. The highest BCUT2D eigenvalue weighted by molar-refractivity contribution is 5.83. The standard InChI is InChI=1S/C16H20N6O/c1-9-14(10(2)21-20-9)15(17)16(23)18-8-13-19-11-6-4-5-7-12(11)22(13)3/h4-7,15H,8,17H2,1-3H3,(H,18,23)(H,20,21)/t15-/m1/s1. The number of hydrogen-bond donors (Lipinski definition) is 3. The summed E-state index contributed by atoms with van der Waals surface area (Å²) in [7, 11) is 1.93. The number of H-pyrrole nitrogens is 1. The smallest absolute Gasteiger partial charge is 0.242 e. The summed E-state index contributed by atoms with van der Waals surface area (Å²) in [4.78, 5) is 16.9. The van der Waals surface area contributed by atoms with Crippen LogP contribution in [0.2, 0.25) is 0 Å². The summed E-state index contributed by atoms with van der Waals surface area (Å²) in [6, 6.07) is 7.11. The van der Waals surface area contributed by atoms with Crippen molar-refractivity contribution in [2.75, 3.05) is 0 Å². The van der Waals surface area contributed by atoms with Crippen LogP contribution in [0, 0.1) is 13.8 Å². The minimum Gasteiger partial charge on any atom is -0.347 e. The van der Waals surface area contributed by atoms with Gasteiger partial charge in [0.05, 0.1) is 23.3 Å². The van der Waals surface area contributed by atoms with Crippen molar-refractivity contribution in [3.63, 3.8) is 0 Å². The van der Waals surface area contributed by atoms with Crippen LogP contribution in [0.1, 0.15) is 28.8 Å². The molecule has 120 valence electrons. The summed E-state index contributed by atoms with van der Waals surface area (Å²) >= 11 is 0. The van der Waals surface area contributed by atoms with Crippen molar-refractivity contribution in [1.82, 2.24) is 25.1 Å². The van der Waals surface area contributed by atoms with E-state index in [1.165, 1.54) is 0 Å². The lowest BCUT2D eigenvalue weighted by Gasteiger charge is -2.12. The summed E-state index contributed by atoms with van der Waals surface area (Å²) < 4.78 is 1.97. The van der Waals surface area contributed by atoms with Crippen LogP contribution in [0.4, 0.5) is 0 Å². The number of benzene rings is 1. The van der Waals surface area contributed by atoms with Gasteiger partial charge in [-0.15, -0.1) is 0 Å². The molecule has 3 aromatic rings. The predicted octanol–water partition coefficient (Wildman–Crippen LogP) is 1.23. The third kappa shape index (κ3) is 2.70. The Balaban J connectivity index is 1.74. The van der Waals surface area contributed by atoms with Crippen LogP contribution in [0.25, 0.3) is 11.0 Å². The highest BCUT2D eigenvalue weighted by Gasteiger charge is 2.22. The van der Waals surface area contributed by atoms with Crippen molar-refractivity contribution >= 4 is 16.9 Å². The molecule has 0 spiro atoms. The van der Waals surface area contributed by atoms with Crippen molar-refractivity contribution < 1.29 is 4.79 Å². The van der Waals surface area contributed by atoms with Crippen molar-refractivity contribution in [3.05, 3.63) is 47.0 Å². The van der Waals surface area contributed by atoms with Gasteiger partial charge in [0.2, 0.25) is 5.91 Å². The SMILES string of the molecule is Cc1n[nH]c(C)c1[C@@H](N)C(=O)NCc1nc2ccccc2n1C. The highest BCUT2D eigenvalue weighted by Crippen LogP contribution is 2.18. The Labute approximate surface area is 133 Å². The van der Waals surface area contributed by atoms with Gasteiger partial charge < -0.3 is 15.6 Å². The first-order chi connectivity index (χ1) is 11.0. The van der Waals surface area contributed by atoms with Crippen molar-refractivity contribution in [1.29, 1.82) is 0 Å². The first kappa shape index (κ1) is 15.2. The van der Waals surface area contributed by atoms with Gasteiger partial charge >= 0.3 is 0 Å². The Morgan fingerprint density at radius 1 is 1.39 bits per heavy atom. The van der Waals surface area contributed by atoms with E-state index in [0.29, 0.717) is 6.54 Å². The molecular formula is C16H20N6O. The molecule has 7 nitrogen and oxygen atoms in total. The van der Waals surface area contributed by atoms with E-state index in [9.17, 15) is 4.79 Å². The molecule has 1 atom stereocenters. The molecule has 1 aromatic carbocycles. The summed E-state index contributed by atoms with van der Waals surface area (Å²) in [5.74, 6) is 0.539. The van der Waals surface area contributed by atoms with Crippen LogP contribution < -0.4 is 11.1 Å². The van der Waals surface area contributed by atoms with Crippen LogP contribution in [-0.2, 0) is 18.4 Å². The first-order valence-corrected chi connectivity index (χ1v) is 7.44. The minimum atomic E-state index is -0.747. The number of nitrogens with one attached hydrogen (secondary N) is 2. The third-order valence-corrected chi connectivity index (χ3v) is 4.08. The Morgan fingerprint density at radius 2 is 2.13 bits per heavy atom. The van der Waals surface area contributed by atoms with Gasteiger partial charge in [-0.3, -0.25) is 9.89 Å². The lowest BCUT2D eigenvalue weighted by molar-refractivity contribution is -0.122. The molecule has 2 aromatic heterocycles. The second-order valence-electron chi connectivity index (χ2n) is 5.62. The fourth-order valence-corrected chi connectivity index (χ4v) is 2.78. The van der Waals surface area contributed by atoms with Gasteiger partial charge in [0, 0.05) is 18.3 Å². The van der Waals surface area contributed by atoms with Gasteiger partial charge in [-0.1, -0.05) is 12.1 Å². The van der Waals surface area contributed by atoms with Crippen molar-refractivity contribution in [2.45, 2.75) is 26.4 Å². The van der Waals surface area contributed by atoms with E-state index < -0.39 is 6.04 Å². The van der Waals surface area contributed by atoms with Crippen LogP contribution in [0.5, 0.6) is 0 Å². The molecule has 0 aliphatic heterocycles.